The van der Waals surface area contributed by atoms with E-state index in [-0.39, 0.29) is 5.92 Å². The van der Waals surface area contributed by atoms with Crippen LogP contribution >= 0.6 is 0 Å². The smallest absolute Gasteiger partial charge is 0.178 e. The van der Waals surface area contributed by atoms with Crippen molar-refractivity contribution in [1.82, 2.24) is 19.6 Å². The minimum absolute atomic E-state index is 0.217. The van der Waals surface area contributed by atoms with Crippen molar-refractivity contribution in [3.05, 3.63) is 42.0 Å². The van der Waals surface area contributed by atoms with E-state index in [0.29, 0.717) is 17.8 Å². The molecule has 0 bridgehead atoms. The number of fused-ring (bicyclic) bond motifs is 1. The van der Waals surface area contributed by atoms with Crippen molar-refractivity contribution in [2.45, 2.75) is 57.4 Å². The van der Waals surface area contributed by atoms with Gasteiger partial charge in [-0.05, 0) is 43.7 Å². The lowest BCUT2D eigenvalue weighted by atomic mass is 9.85. The topological polar surface area (TPSA) is 107 Å². The molecule has 0 aromatic carbocycles. The summed E-state index contributed by atoms with van der Waals surface area (Å²) >= 11 is 0. The van der Waals surface area contributed by atoms with Crippen molar-refractivity contribution >= 4 is 22.8 Å². The fourth-order valence-corrected chi connectivity index (χ4v) is 3.95. The molecule has 0 radical (unpaired) electrons. The number of nitrogens with two attached hydrogens (primary N) is 2. The van der Waals surface area contributed by atoms with E-state index in [2.05, 4.69) is 29.2 Å². The second-order valence-electron chi connectivity index (χ2n) is 7.74. The van der Waals surface area contributed by atoms with Crippen molar-refractivity contribution in [3.8, 4) is 0 Å². The van der Waals surface area contributed by atoms with Crippen molar-refractivity contribution in [2.24, 2.45) is 5.73 Å². The van der Waals surface area contributed by atoms with E-state index >= 15 is 0 Å². The van der Waals surface area contributed by atoms with Crippen LogP contribution in [0.25, 0.3) is 5.65 Å². The molecule has 0 spiro atoms. The molecule has 0 unspecified atom stereocenters. The zero-order valence-electron chi connectivity index (χ0n) is 15.9. The Labute approximate surface area is 159 Å². The summed E-state index contributed by atoms with van der Waals surface area (Å²) in [5.74, 6) is 1.18. The maximum atomic E-state index is 6.32. The highest BCUT2D eigenvalue weighted by Gasteiger charge is 2.25. The predicted octanol–water partition coefficient (Wildman–Crippen LogP) is 3.56. The fourth-order valence-electron chi connectivity index (χ4n) is 3.95. The van der Waals surface area contributed by atoms with E-state index in [0.717, 1.165) is 54.0 Å². The van der Waals surface area contributed by atoms with Crippen LogP contribution in [0.3, 0.4) is 0 Å². The highest BCUT2D eigenvalue weighted by Crippen LogP contribution is 2.36. The van der Waals surface area contributed by atoms with Gasteiger partial charge in [0.1, 0.15) is 5.82 Å². The third kappa shape index (κ3) is 3.47. The number of pyridine rings is 1. The molecule has 0 atom stereocenters. The van der Waals surface area contributed by atoms with Crippen molar-refractivity contribution in [2.75, 3.05) is 11.1 Å². The molecule has 7 nitrogen and oxygen atoms in total. The molecule has 7 heteroatoms. The van der Waals surface area contributed by atoms with Crippen LogP contribution in [-0.2, 0) is 0 Å². The van der Waals surface area contributed by atoms with Gasteiger partial charge in [-0.15, -0.1) is 5.10 Å². The average Bonchev–Trinajstić information content (AvgIpc) is 3.06. The molecular weight excluding hydrogens is 338 g/mol. The summed E-state index contributed by atoms with van der Waals surface area (Å²) < 4.78 is 1.81. The summed E-state index contributed by atoms with van der Waals surface area (Å²) in [6, 6.07) is 4.21. The molecule has 3 heterocycles. The molecule has 1 aliphatic rings. The maximum Gasteiger partial charge on any atom is 0.178 e. The normalized spacial score (nSPS) is 20.3. The molecule has 0 saturated heterocycles. The van der Waals surface area contributed by atoms with Crippen molar-refractivity contribution in [3.63, 3.8) is 0 Å². The van der Waals surface area contributed by atoms with Crippen LogP contribution in [0.4, 0.5) is 17.2 Å². The Kier molecular flexibility index (Phi) is 4.70. The van der Waals surface area contributed by atoms with Gasteiger partial charge in [-0.1, -0.05) is 13.8 Å². The van der Waals surface area contributed by atoms with E-state index in [1.165, 1.54) is 0 Å². The molecular formula is C20H27N7. The van der Waals surface area contributed by atoms with Gasteiger partial charge in [0.15, 0.2) is 5.65 Å². The molecule has 1 saturated carbocycles. The van der Waals surface area contributed by atoms with Gasteiger partial charge in [0.25, 0.3) is 0 Å². The number of nitrogen functional groups attached to an aromatic ring is 1. The van der Waals surface area contributed by atoms with E-state index < -0.39 is 0 Å². The molecule has 0 aliphatic heterocycles. The Morgan fingerprint density at radius 2 is 2.00 bits per heavy atom. The number of aromatic nitrogens is 4. The van der Waals surface area contributed by atoms with Gasteiger partial charge >= 0.3 is 0 Å². The van der Waals surface area contributed by atoms with Crippen molar-refractivity contribution < 1.29 is 0 Å². The number of hydrogen-bond acceptors (Lipinski definition) is 6. The Morgan fingerprint density at radius 1 is 1.22 bits per heavy atom. The summed E-state index contributed by atoms with van der Waals surface area (Å²) in [6.45, 7) is 4.23. The van der Waals surface area contributed by atoms with Gasteiger partial charge in [-0.2, -0.15) is 0 Å². The molecule has 27 heavy (non-hydrogen) atoms. The highest BCUT2D eigenvalue weighted by atomic mass is 15.3. The first-order valence-electron chi connectivity index (χ1n) is 9.64. The van der Waals surface area contributed by atoms with Gasteiger partial charge in [0, 0.05) is 23.7 Å². The van der Waals surface area contributed by atoms with Crippen LogP contribution in [0.2, 0.25) is 0 Å². The average molecular weight is 365 g/mol. The van der Waals surface area contributed by atoms with Gasteiger partial charge in [-0.3, -0.25) is 4.98 Å². The third-order valence-electron chi connectivity index (χ3n) is 5.39. The Hall–Kier alpha value is -2.67. The van der Waals surface area contributed by atoms with Crippen LogP contribution in [0.5, 0.6) is 0 Å². The van der Waals surface area contributed by atoms with E-state index in [1.807, 2.05) is 22.8 Å². The van der Waals surface area contributed by atoms with Crippen molar-refractivity contribution in [1.29, 1.82) is 0 Å². The summed E-state index contributed by atoms with van der Waals surface area (Å²) in [5, 5.41) is 8.06. The summed E-state index contributed by atoms with van der Waals surface area (Å²) in [7, 11) is 0. The zero-order valence-corrected chi connectivity index (χ0v) is 15.9. The van der Waals surface area contributed by atoms with Crippen LogP contribution in [0.15, 0.2) is 30.7 Å². The summed E-state index contributed by atoms with van der Waals surface area (Å²) in [6.07, 6.45) is 9.81. The predicted molar refractivity (Wildman–Crippen MR) is 108 cm³/mol. The monoisotopic (exact) mass is 365 g/mol. The second-order valence-corrected chi connectivity index (χ2v) is 7.74. The SMILES string of the molecule is CC(C)c1c(N)nn2cc(C3CCC(N)CC3)nc2c1Nc1cccnc1. The lowest BCUT2D eigenvalue weighted by Crippen LogP contribution is -2.25. The van der Waals surface area contributed by atoms with E-state index in [9.17, 15) is 0 Å². The quantitative estimate of drug-likeness (QED) is 0.652. The van der Waals surface area contributed by atoms with E-state index in [1.54, 1.807) is 12.4 Å². The minimum atomic E-state index is 0.217. The molecule has 5 N–H and O–H groups in total. The molecule has 4 rings (SSSR count). The molecule has 1 aliphatic carbocycles. The first-order valence-corrected chi connectivity index (χ1v) is 9.64. The van der Waals surface area contributed by atoms with Gasteiger partial charge < -0.3 is 16.8 Å². The van der Waals surface area contributed by atoms with Crippen LogP contribution < -0.4 is 16.8 Å². The van der Waals surface area contributed by atoms with E-state index in [4.69, 9.17) is 16.5 Å². The summed E-state index contributed by atoms with van der Waals surface area (Å²) in [4.78, 5) is 9.16. The van der Waals surface area contributed by atoms with Crippen LogP contribution in [0.1, 0.15) is 62.6 Å². The van der Waals surface area contributed by atoms with Gasteiger partial charge in [0.05, 0.1) is 29.5 Å². The second kappa shape index (κ2) is 7.15. The minimum Gasteiger partial charge on any atom is -0.382 e. The van der Waals surface area contributed by atoms with Crippen LogP contribution in [-0.4, -0.2) is 25.6 Å². The molecule has 3 aromatic rings. The summed E-state index contributed by atoms with van der Waals surface area (Å²) in [5.41, 5.74) is 17.0. The molecule has 142 valence electrons. The number of anilines is 3. The largest absolute Gasteiger partial charge is 0.382 e. The standard InChI is InChI=1S/C20H27N7/c1-12(2)17-18(24-15-4-3-9-23-10-15)20-25-16(11-27(20)26-19(17)22)13-5-7-14(21)8-6-13/h3-4,9-14,24H,5-8,21H2,1-2H3,(H2,22,26). The number of rotatable bonds is 4. The molecule has 3 aromatic heterocycles. The van der Waals surface area contributed by atoms with Gasteiger partial charge in [0.2, 0.25) is 0 Å². The fraction of sp³-hybridized carbons (Fsp3) is 0.450. The first kappa shape index (κ1) is 17.7. The number of hydrogen-bond donors (Lipinski definition) is 3. The van der Waals surface area contributed by atoms with Gasteiger partial charge in [-0.25, -0.2) is 9.50 Å². The maximum absolute atomic E-state index is 6.32. The Morgan fingerprint density at radius 3 is 2.67 bits per heavy atom. The lowest BCUT2D eigenvalue weighted by Gasteiger charge is -2.24. The van der Waals surface area contributed by atoms with Crippen LogP contribution in [0, 0.1) is 0 Å². The zero-order chi connectivity index (χ0) is 19.0. The Bertz CT molecular complexity index is 924. The number of nitrogens with zero attached hydrogens (tertiary/aromatic N) is 4. The molecule has 1 fully saturated rings. The lowest BCUT2D eigenvalue weighted by molar-refractivity contribution is 0.391. The molecule has 0 amide bonds. The Balaban J connectivity index is 1.80. The first-order chi connectivity index (χ1) is 13.0. The third-order valence-corrected chi connectivity index (χ3v) is 5.39. The highest BCUT2D eigenvalue weighted by molar-refractivity contribution is 5.80. The number of imidazole rings is 1. The number of nitrogens with one attached hydrogen (secondary N) is 1.